The lowest BCUT2D eigenvalue weighted by Crippen LogP contribution is -2.27. The molecule has 0 heterocycles. The standard InChI is InChI=1S/C16H17Cl2NO2S/c1-3-12-7-9-13(10-8-12)11-19(2)22(20,21)16-14(17)5-4-6-15(16)18/h4-10H,3,11H2,1-2H3. The van der Waals surface area contributed by atoms with Crippen molar-refractivity contribution in [2.75, 3.05) is 7.05 Å². The quantitative estimate of drug-likeness (QED) is 0.796. The molecule has 0 N–H and O–H groups in total. The van der Waals surface area contributed by atoms with Crippen molar-refractivity contribution in [3.63, 3.8) is 0 Å². The van der Waals surface area contributed by atoms with Gasteiger partial charge in [0.15, 0.2) is 0 Å². The molecule has 2 aromatic carbocycles. The Bertz CT molecular complexity index is 738. The number of halogens is 2. The van der Waals surface area contributed by atoms with Crippen LogP contribution >= 0.6 is 23.2 Å². The van der Waals surface area contributed by atoms with Gasteiger partial charge in [0.05, 0.1) is 10.0 Å². The van der Waals surface area contributed by atoms with E-state index in [2.05, 4.69) is 6.92 Å². The topological polar surface area (TPSA) is 37.4 Å². The maximum absolute atomic E-state index is 12.7. The molecule has 0 atom stereocenters. The minimum atomic E-state index is -3.74. The number of nitrogens with zero attached hydrogens (tertiary/aromatic N) is 1. The monoisotopic (exact) mass is 357 g/mol. The molecule has 0 spiro atoms. The zero-order valence-electron chi connectivity index (χ0n) is 12.4. The minimum Gasteiger partial charge on any atom is -0.207 e. The third-order valence-corrected chi connectivity index (χ3v) is 6.18. The van der Waals surface area contributed by atoms with Crippen LogP contribution in [0, 0.1) is 0 Å². The van der Waals surface area contributed by atoms with E-state index >= 15 is 0 Å². The van der Waals surface area contributed by atoms with Gasteiger partial charge in [-0.1, -0.05) is 60.5 Å². The first-order chi connectivity index (χ1) is 10.4. The lowest BCUT2D eigenvalue weighted by Gasteiger charge is -2.19. The van der Waals surface area contributed by atoms with Crippen LogP contribution in [-0.2, 0) is 23.0 Å². The number of rotatable bonds is 5. The third kappa shape index (κ3) is 3.63. The average Bonchev–Trinajstić information content (AvgIpc) is 2.47. The molecule has 2 rings (SSSR count). The zero-order valence-corrected chi connectivity index (χ0v) is 14.7. The summed E-state index contributed by atoms with van der Waals surface area (Å²) in [5, 5.41) is 0.251. The predicted molar refractivity (Wildman–Crippen MR) is 90.9 cm³/mol. The summed E-state index contributed by atoms with van der Waals surface area (Å²) < 4.78 is 26.6. The maximum atomic E-state index is 12.7. The van der Waals surface area contributed by atoms with Gasteiger partial charge in [0.2, 0.25) is 10.0 Å². The molecule has 0 aromatic heterocycles. The fraction of sp³-hybridized carbons (Fsp3) is 0.250. The molecule has 0 saturated carbocycles. The Morgan fingerprint density at radius 1 is 0.955 bits per heavy atom. The number of hydrogen-bond acceptors (Lipinski definition) is 2. The van der Waals surface area contributed by atoms with Crippen LogP contribution in [0.2, 0.25) is 10.0 Å². The first kappa shape index (κ1) is 17.3. The highest BCUT2D eigenvalue weighted by atomic mass is 35.5. The maximum Gasteiger partial charge on any atom is 0.246 e. The van der Waals surface area contributed by atoms with E-state index in [0.717, 1.165) is 12.0 Å². The lowest BCUT2D eigenvalue weighted by molar-refractivity contribution is 0.467. The van der Waals surface area contributed by atoms with Crippen LogP contribution in [0.25, 0.3) is 0 Å². The number of hydrogen-bond donors (Lipinski definition) is 0. The fourth-order valence-corrected chi connectivity index (χ4v) is 4.35. The highest BCUT2D eigenvalue weighted by Gasteiger charge is 2.26. The van der Waals surface area contributed by atoms with Crippen molar-refractivity contribution in [3.05, 3.63) is 63.6 Å². The number of sulfonamides is 1. The molecule has 0 unspecified atom stereocenters. The third-order valence-electron chi connectivity index (χ3n) is 3.42. The molecule has 2 aromatic rings. The number of aryl methyl sites for hydroxylation is 1. The van der Waals surface area contributed by atoms with Gasteiger partial charge in [-0.15, -0.1) is 0 Å². The van der Waals surface area contributed by atoms with Crippen molar-refractivity contribution in [1.82, 2.24) is 4.31 Å². The fourth-order valence-electron chi connectivity index (χ4n) is 2.11. The molecule has 22 heavy (non-hydrogen) atoms. The molecule has 0 radical (unpaired) electrons. The Morgan fingerprint density at radius 3 is 1.95 bits per heavy atom. The normalized spacial score (nSPS) is 11.9. The van der Waals surface area contributed by atoms with E-state index < -0.39 is 10.0 Å². The second-order valence-electron chi connectivity index (χ2n) is 4.98. The summed E-state index contributed by atoms with van der Waals surface area (Å²) in [5.74, 6) is 0. The van der Waals surface area contributed by atoms with Gasteiger partial charge < -0.3 is 0 Å². The van der Waals surface area contributed by atoms with Gasteiger partial charge in [-0.3, -0.25) is 0 Å². The Balaban J connectivity index is 2.29. The van der Waals surface area contributed by atoms with Gasteiger partial charge in [-0.05, 0) is 29.7 Å². The molecule has 3 nitrogen and oxygen atoms in total. The predicted octanol–water partition coefficient (Wildman–Crippen LogP) is 4.38. The molecule has 0 amide bonds. The summed E-state index contributed by atoms with van der Waals surface area (Å²) >= 11 is 12.0. The van der Waals surface area contributed by atoms with E-state index in [-0.39, 0.29) is 21.5 Å². The van der Waals surface area contributed by atoms with Crippen LogP contribution in [0.1, 0.15) is 18.1 Å². The van der Waals surface area contributed by atoms with Crippen LogP contribution in [0.4, 0.5) is 0 Å². The highest BCUT2D eigenvalue weighted by molar-refractivity contribution is 7.89. The summed E-state index contributed by atoms with van der Waals surface area (Å²) in [7, 11) is -2.23. The summed E-state index contributed by atoms with van der Waals surface area (Å²) in [6.07, 6.45) is 0.948. The second-order valence-corrected chi connectivity index (χ2v) is 7.78. The van der Waals surface area contributed by atoms with Crippen molar-refractivity contribution in [2.45, 2.75) is 24.8 Å². The SMILES string of the molecule is CCc1ccc(CN(C)S(=O)(=O)c2c(Cl)cccc2Cl)cc1. The first-order valence-corrected chi connectivity index (χ1v) is 9.04. The Kier molecular flexibility index (Phi) is 5.50. The van der Waals surface area contributed by atoms with E-state index in [1.807, 2.05) is 24.3 Å². The summed E-state index contributed by atoms with van der Waals surface area (Å²) in [6.45, 7) is 2.33. The Morgan fingerprint density at radius 2 is 1.45 bits per heavy atom. The van der Waals surface area contributed by atoms with E-state index in [9.17, 15) is 8.42 Å². The largest absolute Gasteiger partial charge is 0.246 e. The summed E-state index contributed by atoms with van der Waals surface area (Å²) in [4.78, 5) is -0.0500. The second kappa shape index (κ2) is 7.01. The van der Waals surface area contributed by atoms with E-state index in [4.69, 9.17) is 23.2 Å². The minimum absolute atomic E-state index is 0.0500. The van der Waals surface area contributed by atoms with E-state index in [1.54, 1.807) is 6.07 Å². The molecular formula is C16H17Cl2NO2S. The van der Waals surface area contributed by atoms with Gasteiger partial charge in [0.1, 0.15) is 4.90 Å². The van der Waals surface area contributed by atoms with Crippen molar-refractivity contribution in [1.29, 1.82) is 0 Å². The summed E-state index contributed by atoms with van der Waals surface area (Å²) in [5.41, 5.74) is 2.12. The van der Waals surface area contributed by atoms with Crippen LogP contribution in [0.15, 0.2) is 47.4 Å². The van der Waals surface area contributed by atoms with Crippen LogP contribution in [-0.4, -0.2) is 19.8 Å². The molecular weight excluding hydrogens is 341 g/mol. The van der Waals surface area contributed by atoms with Gasteiger partial charge in [-0.25, -0.2) is 8.42 Å². The molecule has 0 bridgehead atoms. The van der Waals surface area contributed by atoms with Crippen LogP contribution in [0.3, 0.4) is 0 Å². The molecule has 0 aliphatic rings. The molecule has 0 saturated heterocycles. The van der Waals surface area contributed by atoms with Crippen molar-refractivity contribution >= 4 is 33.2 Å². The molecule has 6 heteroatoms. The van der Waals surface area contributed by atoms with Crippen molar-refractivity contribution in [3.8, 4) is 0 Å². The molecule has 0 fully saturated rings. The van der Waals surface area contributed by atoms with Gasteiger partial charge >= 0.3 is 0 Å². The average molecular weight is 358 g/mol. The molecule has 118 valence electrons. The van der Waals surface area contributed by atoms with E-state index in [1.165, 1.54) is 29.0 Å². The molecule has 0 aliphatic carbocycles. The lowest BCUT2D eigenvalue weighted by atomic mass is 10.1. The Labute approximate surface area is 141 Å². The van der Waals surface area contributed by atoms with Gasteiger partial charge in [-0.2, -0.15) is 4.31 Å². The Hall–Kier alpha value is -1.07. The smallest absolute Gasteiger partial charge is 0.207 e. The van der Waals surface area contributed by atoms with Crippen LogP contribution in [0.5, 0.6) is 0 Å². The molecule has 0 aliphatic heterocycles. The van der Waals surface area contributed by atoms with Crippen molar-refractivity contribution in [2.24, 2.45) is 0 Å². The van der Waals surface area contributed by atoms with Gasteiger partial charge in [0, 0.05) is 13.6 Å². The van der Waals surface area contributed by atoms with E-state index in [0.29, 0.717) is 0 Å². The number of benzene rings is 2. The van der Waals surface area contributed by atoms with Crippen molar-refractivity contribution < 1.29 is 8.42 Å². The zero-order chi connectivity index (χ0) is 16.3. The summed E-state index contributed by atoms with van der Waals surface area (Å²) in [6, 6.07) is 12.5. The van der Waals surface area contributed by atoms with Crippen LogP contribution < -0.4 is 0 Å². The highest BCUT2D eigenvalue weighted by Crippen LogP contribution is 2.31. The van der Waals surface area contributed by atoms with Gasteiger partial charge in [0.25, 0.3) is 0 Å². The first-order valence-electron chi connectivity index (χ1n) is 6.84.